The first kappa shape index (κ1) is 42.4. The van der Waals surface area contributed by atoms with Gasteiger partial charge in [0, 0.05) is 34.9 Å². The highest BCUT2D eigenvalue weighted by atomic mass is 16.7. The van der Waals surface area contributed by atoms with Crippen LogP contribution >= 0.6 is 0 Å². The molecule has 19 nitrogen and oxygen atoms in total. The molecule has 10 atom stereocenters. The lowest BCUT2D eigenvalue weighted by Crippen LogP contribution is -2.73. The first-order valence-corrected chi connectivity index (χ1v) is 17.1. The molecule has 19 heteroatoms. The van der Waals surface area contributed by atoms with Crippen molar-refractivity contribution in [3.8, 4) is 0 Å². The molecule has 2 fully saturated rings. The highest BCUT2D eigenvalue weighted by molar-refractivity contribution is 5.94. The molecule has 0 aromatic heterocycles. The van der Waals surface area contributed by atoms with Crippen LogP contribution in [0.1, 0.15) is 31.9 Å². The number of aliphatic hydroxyl groups excluding tert-OH is 3. The number of esters is 3. The van der Waals surface area contributed by atoms with Gasteiger partial charge >= 0.3 is 30.1 Å². The second-order valence-electron chi connectivity index (χ2n) is 12.8. The van der Waals surface area contributed by atoms with Gasteiger partial charge in [-0.05, 0) is 11.1 Å². The second kappa shape index (κ2) is 19.3. The molecule has 2 aromatic rings. The van der Waals surface area contributed by atoms with Crippen molar-refractivity contribution in [3.05, 3.63) is 71.8 Å². The molecule has 4 N–H and O–H groups in total. The molecule has 1 saturated carbocycles. The molecule has 0 spiro atoms. The molecule has 2 amide bonds. The number of aliphatic hydroxyl groups is 3. The number of hydrogen-bond donors (Lipinski definition) is 4. The molecule has 1 saturated heterocycles. The fourth-order valence-corrected chi connectivity index (χ4v) is 6.28. The van der Waals surface area contributed by atoms with Crippen LogP contribution in [0.5, 0.6) is 0 Å². The standard InChI is InChI=1S/C36H45N3O16/c1-19(40)49-18-24-31(52-20(2)41)32(53-21(3)42)25(37-48)34(54-24)55-33-29(44)26(38(4)35(46)50-16-22-12-8-6-9-13-22)28(43)27(30(33)45)39(5)36(47)51-17-23-14-10-7-11-15-23/h6-15,24,26-34,43-45,48H,16-18H2,1-5H3/t24-,26-,27+,28?,29-,30+,31+,32+,33?,34+/m0/s1. The zero-order valence-electron chi connectivity index (χ0n) is 30.7. The number of ether oxygens (including phenoxy) is 7. The molecule has 4 rings (SSSR count). The Balaban J connectivity index is 1.70. The van der Waals surface area contributed by atoms with Gasteiger partial charge in [0.2, 0.25) is 6.29 Å². The predicted molar refractivity (Wildman–Crippen MR) is 185 cm³/mol. The minimum Gasteiger partial charge on any atom is -0.463 e. The number of nitrogens with zero attached hydrogens (tertiary/aromatic N) is 3. The summed E-state index contributed by atoms with van der Waals surface area (Å²) in [6.07, 6.45) is -16.4. The summed E-state index contributed by atoms with van der Waals surface area (Å²) in [4.78, 5) is 64.4. The number of amides is 2. The number of carbonyl (C=O) groups excluding carboxylic acids is 5. The van der Waals surface area contributed by atoms with Crippen LogP contribution in [0.25, 0.3) is 0 Å². The van der Waals surface area contributed by atoms with E-state index in [1.807, 2.05) is 0 Å². The van der Waals surface area contributed by atoms with Crippen LogP contribution in [0.3, 0.4) is 0 Å². The maximum atomic E-state index is 13.4. The summed E-state index contributed by atoms with van der Waals surface area (Å²) in [7, 11) is 2.41. The Morgan fingerprint density at radius 1 is 0.673 bits per heavy atom. The van der Waals surface area contributed by atoms with Gasteiger partial charge in [-0.2, -0.15) is 0 Å². The van der Waals surface area contributed by atoms with E-state index in [4.69, 9.17) is 33.2 Å². The molecule has 0 bridgehead atoms. The van der Waals surface area contributed by atoms with Crippen LogP contribution in [0.2, 0.25) is 0 Å². The average Bonchev–Trinajstić information content (AvgIpc) is 3.15. The van der Waals surface area contributed by atoms with Crippen LogP contribution in [-0.4, -0.2) is 148 Å². The third-order valence-corrected chi connectivity index (χ3v) is 8.89. The Kier molecular flexibility index (Phi) is 14.9. The van der Waals surface area contributed by atoms with Crippen molar-refractivity contribution in [2.75, 3.05) is 20.7 Å². The molecule has 300 valence electrons. The smallest absolute Gasteiger partial charge is 0.410 e. The maximum absolute atomic E-state index is 13.4. The van der Waals surface area contributed by atoms with Gasteiger partial charge in [0.05, 0.1) is 12.1 Å². The lowest BCUT2D eigenvalue weighted by Gasteiger charge is -2.51. The predicted octanol–water partition coefficient (Wildman–Crippen LogP) is 0.724. The van der Waals surface area contributed by atoms with Crippen molar-refractivity contribution < 1.29 is 77.7 Å². The van der Waals surface area contributed by atoms with Gasteiger partial charge in [-0.15, -0.1) is 0 Å². The van der Waals surface area contributed by atoms with Crippen molar-refractivity contribution in [1.29, 1.82) is 0 Å². The summed E-state index contributed by atoms with van der Waals surface area (Å²) in [5.41, 5.74) is 0.644. The van der Waals surface area contributed by atoms with Crippen molar-refractivity contribution in [2.45, 2.75) is 95.1 Å². The van der Waals surface area contributed by atoms with Gasteiger partial charge in [0.25, 0.3) is 0 Å². The first-order chi connectivity index (χ1) is 26.1. The largest absolute Gasteiger partial charge is 0.463 e. The van der Waals surface area contributed by atoms with E-state index in [-0.39, 0.29) is 13.2 Å². The van der Waals surface area contributed by atoms with Gasteiger partial charge in [-0.1, -0.05) is 65.8 Å². The summed E-state index contributed by atoms with van der Waals surface area (Å²) in [6, 6.07) is 14.0. The fourth-order valence-electron chi connectivity index (χ4n) is 6.28. The van der Waals surface area contributed by atoms with E-state index in [0.717, 1.165) is 30.6 Å². The van der Waals surface area contributed by atoms with Crippen molar-refractivity contribution >= 4 is 35.8 Å². The maximum Gasteiger partial charge on any atom is 0.410 e. The van der Waals surface area contributed by atoms with Gasteiger partial charge in [-0.3, -0.25) is 14.4 Å². The van der Waals surface area contributed by atoms with Crippen LogP contribution < -0.4 is 0 Å². The van der Waals surface area contributed by atoms with E-state index in [1.54, 1.807) is 60.7 Å². The minimum absolute atomic E-state index is 0.183. The topological polar surface area (TPSA) is 250 Å². The molecule has 2 aliphatic rings. The van der Waals surface area contributed by atoms with E-state index in [0.29, 0.717) is 11.1 Å². The van der Waals surface area contributed by atoms with Crippen LogP contribution in [0.4, 0.5) is 9.59 Å². The highest BCUT2D eigenvalue weighted by Crippen LogP contribution is 2.34. The molecule has 55 heavy (non-hydrogen) atoms. The van der Waals surface area contributed by atoms with Gasteiger partial charge < -0.3 is 63.5 Å². The third kappa shape index (κ3) is 10.7. The first-order valence-electron chi connectivity index (χ1n) is 17.1. The van der Waals surface area contributed by atoms with Crippen LogP contribution in [-0.2, 0) is 60.8 Å². The Hall–Kier alpha value is -5.34. The Morgan fingerprint density at radius 2 is 1.15 bits per heavy atom. The number of likely N-dealkylation sites (N-methyl/N-ethyl adjacent to an activating group) is 2. The van der Waals surface area contributed by atoms with Gasteiger partial charge in [-0.25, -0.2) is 9.59 Å². The van der Waals surface area contributed by atoms with Crippen molar-refractivity contribution in [3.63, 3.8) is 0 Å². The van der Waals surface area contributed by atoms with Crippen LogP contribution in [0.15, 0.2) is 65.8 Å². The highest BCUT2D eigenvalue weighted by Gasteiger charge is 2.57. The van der Waals surface area contributed by atoms with Crippen molar-refractivity contribution in [2.24, 2.45) is 5.16 Å². The zero-order valence-corrected chi connectivity index (χ0v) is 30.7. The monoisotopic (exact) mass is 775 g/mol. The molecular weight excluding hydrogens is 730 g/mol. The fraction of sp³-hybridized carbons (Fsp3) is 0.500. The van der Waals surface area contributed by atoms with Crippen LogP contribution in [0, 0.1) is 0 Å². The van der Waals surface area contributed by atoms with E-state index >= 15 is 0 Å². The minimum atomic E-state index is -1.99. The lowest BCUT2D eigenvalue weighted by molar-refractivity contribution is -0.268. The number of hydrogen-bond acceptors (Lipinski definition) is 17. The summed E-state index contributed by atoms with van der Waals surface area (Å²) in [5.74, 6) is -2.57. The summed E-state index contributed by atoms with van der Waals surface area (Å²) < 4.78 is 38.5. The summed E-state index contributed by atoms with van der Waals surface area (Å²) in [6.45, 7) is 2.17. The quantitative estimate of drug-likeness (QED) is 0.100. The number of rotatable bonds is 12. The van der Waals surface area contributed by atoms with Gasteiger partial charge in [0.15, 0.2) is 17.9 Å². The molecule has 0 radical (unpaired) electrons. The van der Waals surface area contributed by atoms with E-state index in [9.17, 15) is 44.5 Å². The number of benzene rings is 2. The molecule has 1 aliphatic heterocycles. The lowest BCUT2D eigenvalue weighted by atomic mass is 9.80. The number of carbonyl (C=O) groups is 5. The SMILES string of the molecule is CC(=O)OC[C@@H]1O[C@H](OC2[C@@H](O)[C@@H](N(C)C(=O)OCc3ccccc3)C(O)[C@@H](N(C)C(=O)OCc3ccccc3)[C@H]2O)C(=NO)[C@@H](OC(C)=O)[C@@H]1OC(C)=O. The molecule has 2 unspecified atom stereocenters. The molecular formula is C36H45N3O16. The average molecular weight is 776 g/mol. The third-order valence-electron chi connectivity index (χ3n) is 8.89. The van der Waals surface area contributed by atoms with Crippen molar-refractivity contribution in [1.82, 2.24) is 9.80 Å². The summed E-state index contributed by atoms with van der Waals surface area (Å²) in [5, 5.41) is 48.5. The molecule has 2 aromatic carbocycles. The zero-order chi connectivity index (χ0) is 40.4. The van der Waals surface area contributed by atoms with E-state index in [1.165, 1.54) is 14.1 Å². The number of oxime groups is 1. The summed E-state index contributed by atoms with van der Waals surface area (Å²) >= 11 is 0. The normalized spacial score (nSPS) is 28.3. The van der Waals surface area contributed by atoms with E-state index in [2.05, 4.69) is 5.16 Å². The van der Waals surface area contributed by atoms with Gasteiger partial charge in [0.1, 0.15) is 50.3 Å². The Morgan fingerprint density at radius 3 is 1.56 bits per heavy atom. The Bertz CT molecular complexity index is 1590. The van der Waals surface area contributed by atoms with E-state index < -0.39 is 104 Å². The molecule has 1 aliphatic carbocycles. The Labute approximate surface area is 315 Å². The second-order valence-corrected chi connectivity index (χ2v) is 12.8. The molecule has 1 heterocycles.